The summed E-state index contributed by atoms with van der Waals surface area (Å²) in [6.07, 6.45) is -2.78. The highest BCUT2D eigenvalue weighted by Crippen LogP contribution is 2.43. The van der Waals surface area contributed by atoms with Crippen LogP contribution in [-0.2, 0) is 32.1 Å². The molecular formula is C25H31F3N2O6S. The molecule has 204 valence electrons. The maximum Gasteiger partial charge on any atom is 0.471 e. The molecule has 1 fully saturated rings. The molecule has 37 heavy (non-hydrogen) atoms. The average Bonchev–Trinajstić information content (AvgIpc) is 3.50. The van der Waals surface area contributed by atoms with Crippen LogP contribution in [0.15, 0.2) is 11.6 Å². The summed E-state index contributed by atoms with van der Waals surface area (Å²) in [5.74, 6) is -0.946. The molecule has 0 bridgehead atoms. The zero-order valence-corrected chi connectivity index (χ0v) is 22.1. The predicted molar refractivity (Wildman–Crippen MR) is 133 cm³/mol. The molecule has 0 spiro atoms. The molecule has 12 heteroatoms. The lowest BCUT2D eigenvalue weighted by molar-refractivity contribution is -0.170. The fourth-order valence-corrected chi connectivity index (χ4v) is 5.39. The van der Waals surface area contributed by atoms with Crippen LogP contribution in [0, 0.1) is 6.92 Å². The summed E-state index contributed by atoms with van der Waals surface area (Å²) in [6.45, 7) is 5.36. The summed E-state index contributed by atoms with van der Waals surface area (Å²) < 4.78 is 55.8. The smallest absolute Gasteiger partial charge is 0.471 e. The molecule has 0 aromatic heterocycles. The van der Waals surface area contributed by atoms with E-state index in [0.29, 0.717) is 35.6 Å². The minimum atomic E-state index is -5.14. The largest absolute Gasteiger partial charge is 0.496 e. The van der Waals surface area contributed by atoms with E-state index in [4.69, 9.17) is 14.2 Å². The summed E-state index contributed by atoms with van der Waals surface area (Å²) in [5.41, 5.74) is 1.74. The number of nitrogens with zero attached hydrogens (tertiary/aromatic N) is 2. The number of alkyl halides is 3. The molecule has 1 aromatic rings. The van der Waals surface area contributed by atoms with Gasteiger partial charge in [-0.15, -0.1) is 11.8 Å². The van der Waals surface area contributed by atoms with Gasteiger partial charge in [0.15, 0.2) is 0 Å². The van der Waals surface area contributed by atoms with E-state index < -0.39 is 18.1 Å². The second kappa shape index (κ2) is 12.2. The van der Waals surface area contributed by atoms with Gasteiger partial charge < -0.3 is 19.1 Å². The standard InChI is InChI=1S/C25H31F3N2O6S/c1-15(6-8-19(31)35-11-9-30-10-12-37-14-30)5-7-17-21(29(3)24(33)25(26,27)28)20-18(13-36-23(20)32)16(2)22(17)34-4/h5H,6-14H2,1-4H3/b15-5+. The molecule has 1 amide bonds. The second-order valence-electron chi connectivity index (χ2n) is 8.91. The first-order valence-electron chi connectivity index (χ1n) is 11.8. The number of carbonyl (C=O) groups is 3. The monoisotopic (exact) mass is 544 g/mol. The Hall–Kier alpha value is -2.73. The van der Waals surface area contributed by atoms with Crippen LogP contribution in [0.4, 0.5) is 18.9 Å². The molecule has 0 saturated carbocycles. The van der Waals surface area contributed by atoms with Crippen LogP contribution in [0.1, 0.15) is 46.8 Å². The molecule has 0 radical (unpaired) electrons. The van der Waals surface area contributed by atoms with Gasteiger partial charge in [-0.1, -0.05) is 11.6 Å². The van der Waals surface area contributed by atoms with Crippen molar-refractivity contribution < 1.29 is 41.8 Å². The number of hydrogen-bond donors (Lipinski definition) is 0. The van der Waals surface area contributed by atoms with Crippen molar-refractivity contribution in [1.82, 2.24) is 4.90 Å². The van der Waals surface area contributed by atoms with E-state index in [1.165, 1.54) is 7.11 Å². The van der Waals surface area contributed by atoms with Crippen LogP contribution >= 0.6 is 11.8 Å². The van der Waals surface area contributed by atoms with Gasteiger partial charge in [-0.25, -0.2) is 4.79 Å². The van der Waals surface area contributed by atoms with Crippen LogP contribution in [0.2, 0.25) is 0 Å². The van der Waals surface area contributed by atoms with Gasteiger partial charge in [0.25, 0.3) is 0 Å². The summed E-state index contributed by atoms with van der Waals surface area (Å²) >= 11 is 1.84. The second-order valence-corrected chi connectivity index (χ2v) is 9.98. The van der Waals surface area contributed by atoms with Crippen molar-refractivity contribution in [3.63, 3.8) is 0 Å². The van der Waals surface area contributed by atoms with E-state index in [-0.39, 0.29) is 48.0 Å². The van der Waals surface area contributed by atoms with Gasteiger partial charge in [0.1, 0.15) is 19.0 Å². The third kappa shape index (κ3) is 6.78. The fraction of sp³-hybridized carbons (Fsp3) is 0.560. The Morgan fingerprint density at radius 1 is 1.27 bits per heavy atom. The normalized spacial score (nSPS) is 16.0. The van der Waals surface area contributed by atoms with Gasteiger partial charge in [0, 0.05) is 49.3 Å². The zero-order chi connectivity index (χ0) is 27.3. The Labute approximate surface area is 218 Å². The number of carbonyl (C=O) groups excluding carboxylic acids is 3. The van der Waals surface area contributed by atoms with E-state index in [1.54, 1.807) is 19.9 Å². The Morgan fingerprint density at radius 2 is 2.00 bits per heavy atom. The van der Waals surface area contributed by atoms with Crippen molar-refractivity contribution in [1.29, 1.82) is 0 Å². The minimum absolute atomic E-state index is 0.0700. The van der Waals surface area contributed by atoms with Crippen molar-refractivity contribution in [2.45, 2.75) is 45.9 Å². The fourth-order valence-electron chi connectivity index (χ4n) is 4.36. The SMILES string of the molecule is COc1c(C)c2c(c(N(C)C(=O)C(F)(F)F)c1C/C=C(\C)CCC(=O)OCCN1CCSC1)C(=O)OC2. The number of allylic oxidation sites excluding steroid dienone is 2. The van der Waals surface area contributed by atoms with Crippen LogP contribution in [0.5, 0.6) is 5.75 Å². The first kappa shape index (κ1) is 28.8. The van der Waals surface area contributed by atoms with Gasteiger partial charge in [-0.3, -0.25) is 14.5 Å². The van der Waals surface area contributed by atoms with Gasteiger partial charge in [-0.2, -0.15) is 13.2 Å². The Morgan fingerprint density at radius 3 is 2.62 bits per heavy atom. The number of halogens is 3. The van der Waals surface area contributed by atoms with Crippen LogP contribution in [-0.4, -0.2) is 74.4 Å². The van der Waals surface area contributed by atoms with Gasteiger partial charge in [-0.05, 0) is 32.3 Å². The lowest BCUT2D eigenvalue weighted by Crippen LogP contribution is -2.39. The molecule has 2 heterocycles. The number of methoxy groups -OCH3 is 1. The maximum atomic E-state index is 13.3. The maximum absolute atomic E-state index is 13.3. The molecule has 2 aliphatic heterocycles. The number of esters is 2. The number of hydrogen-bond acceptors (Lipinski definition) is 8. The van der Waals surface area contributed by atoms with Crippen molar-refractivity contribution in [3.8, 4) is 5.75 Å². The number of fused-ring (bicyclic) bond motifs is 1. The number of anilines is 1. The first-order chi connectivity index (χ1) is 17.5. The van der Waals surface area contributed by atoms with Gasteiger partial charge in [0.2, 0.25) is 0 Å². The molecular weight excluding hydrogens is 513 g/mol. The van der Waals surface area contributed by atoms with Gasteiger partial charge in [0.05, 0.1) is 18.4 Å². The summed E-state index contributed by atoms with van der Waals surface area (Å²) in [6, 6.07) is 0. The number of amides is 1. The molecule has 0 aliphatic carbocycles. The van der Waals surface area contributed by atoms with E-state index in [1.807, 2.05) is 11.8 Å². The lowest BCUT2D eigenvalue weighted by atomic mass is 9.92. The molecule has 2 aliphatic rings. The van der Waals surface area contributed by atoms with Gasteiger partial charge >= 0.3 is 24.0 Å². The Bertz CT molecular complexity index is 1080. The highest BCUT2D eigenvalue weighted by atomic mass is 32.2. The first-order valence-corrected chi connectivity index (χ1v) is 13.0. The third-order valence-electron chi connectivity index (χ3n) is 6.40. The highest BCUT2D eigenvalue weighted by Gasteiger charge is 2.44. The number of ether oxygens (including phenoxy) is 3. The van der Waals surface area contributed by atoms with Crippen LogP contribution in [0.3, 0.4) is 0 Å². The average molecular weight is 545 g/mol. The molecule has 0 N–H and O–H groups in total. The van der Waals surface area contributed by atoms with Crippen LogP contribution < -0.4 is 9.64 Å². The zero-order valence-electron chi connectivity index (χ0n) is 21.3. The lowest BCUT2D eigenvalue weighted by Gasteiger charge is -2.26. The molecule has 0 unspecified atom stereocenters. The molecule has 8 nitrogen and oxygen atoms in total. The Kier molecular flexibility index (Phi) is 9.51. The summed E-state index contributed by atoms with van der Waals surface area (Å²) in [5, 5.41) is 0. The quantitative estimate of drug-likeness (QED) is 0.323. The number of cyclic esters (lactones) is 1. The number of rotatable bonds is 10. The summed E-state index contributed by atoms with van der Waals surface area (Å²) in [4.78, 5) is 39.4. The highest BCUT2D eigenvalue weighted by molar-refractivity contribution is 7.99. The minimum Gasteiger partial charge on any atom is -0.496 e. The molecule has 1 saturated heterocycles. The van der Waals surface area contributed by atoms with Crippen molar-refractivity contribution in [2.75, 3.05) is 50.4 Å². The van der Waals surface area contributed by atoms with E-state index >= 15 is 0 Å². The summed E-state index contributed by atoms with van der Waals surface area (Å²) in [7, 11) is 2.35. The molecule has 3 rings (SSSR count). The van der Waals surface area contributed by atoms with Crippen molar-refractivity contribution in [3.05, 3.63) is 33.9 Å². The van der Waals surface area contributed by atoms with E-state index in [0.717, 1.165) is 30.8 Å². The van der Waals surface area contributed by atoms with Crippen LogP contribution in [0.25, 0.3) is 0 Å². The van der Waals surface area contributed by atoms with E-state index in [2.05, 4.69) is 4.90 Å². The number of thioether (sulfide) groups is 1. The predicted octanol–water partition coefficient (Wildman–Crippen LogP) is 4.02. The molecule has 1 aromatic carbocycles. The van der Waals surface area contributed by atoms with E-state index in [9.17, 15) is 27.6 Å². The van der Waals surface area contributed by atoms with Crippen molar-refractivity contribution in [2.24, 2.45) is 0 Å². The Balaban J connectivity index is 1.79. The molecule has 0 atom stereocenters. The van der Waals surface area contributed by atoms with Crippen molar-refractivity contribution >= 4 is 35.3 Å². The topological polar surface area (TPSA) is 85.4 Å². The number of benzene rings is 1. The third-order valence-corrected chi connectivity index (χ3v) is 7.42.